The van der Waals surface area contributed by atoms with Gasteiger partial charge in [0.1, 0.15) is 5.75 Å². The van der Waals surface area contributed by atoms with Crippen LogP contribution in [0.2, 0.25) is 19.6 Å². The number of halogens is 1. The normalized spacial score (nSPS) is 11.2. The quantitative estimate of drug-likeness (QED) is 0.642. The maximum atomic E-state index is 5.96. The fourth-order valence-corrected chi connectivity index (χ4v) is 3.00. The monoisotopic (exact) mass is 346 g/mol. The summed E-state index contributed by atoms with van der Waals surface area (Å²) in [7, 11) is -1.54. The molecule has 0 saturated heterocycles. The van der Waals surface area contributed by atoms with Gasteiger partial charge in [0.2, 0.25) is 8.32 Å². The van der Waals surface area contributed by atoms with E-state index >= 15 is 0 Å². The largest absolute Gasteiger partial charge is 0.544 e. The van der Waals surface area contributed by atoms with Gasteiger partial charge in [-0.15, -0.1) is 0 Å². The summed E-state index contributed by atoms with van der Waals surface area (Å²) >= 11 is 3.45. The van der Waals surface area contributed by atoms with Gasteiger partial charge in [0.25, 0.3) is 0 Å². The molecule has 0 fully saturated rings. The molecule has 0 aliphatic rings. The maximum absolute atomic E-state index is 5.96. The molecule has 0 atom stereocenters. The fourth-order valence-electron chi connectivity index (χ4n) is 1.90. The van der Waals surface area contributed by atoms with Crippen LogP contribution in [0.5, 0.6) is 5.75 Å². The molecule has 0 spiro atoms. The van der Waals surface area contributed by atoms with Gasteiger partial charge in [-0.05, 0) is 60.6 Å². The molecule has 0 aromatic heterocycles. The molecule has 0 aliphatic carbocycles. The topological polar surface area (TPSA) is 9.23 Å². The fraction of sp³-hybridized carbons (Fsp3) is 0.176. The van der Waals surface area contributed by atoms with Gasteiger partial charge >= 0.3 is 0 Å². The Bertz CT molecular complexity index is 594. The van der Waals surface area contributed by atoms with Crippen LogP contribution in [-0.4, -0.2) is 8.32 Å². The van der Waals surface area contributed by atoms with Crippen LogP contribution in [0.3, 0.4) is 0 Å². The van der Waals surface area contributed by atoms with E-state index < -0.39 is 8.32 Å². The molecule has 0 saturated carbocycles. The third kappa shape index (κ3) is 4.08. The molecule has 0 unspecified atom stereocenters. The highest BCUT2D eigenvalue weighted by Crippen LogP contribution is 2.25. The van der Waals surface area contributed by atoms with Crippen molar-refractivity contribution >= 4 is 29.8 Å². The minimum absolute atomic E-state index is 0.941. The third-order valence-electron chi connectivity index (χ3n) is 2.82. The molecule has 0 bridgehead atoms. The molecule has 1 nitrogen and oxygen atoms in total. The molecule has 0 N–H and O–H groups in total. The molecule has 104 valence electrons. The molecule has 0 aliphatic heterocycles. The average molecular weight is 347 g/mol. The number of hydrogen-bond acceptors (Lipinski definition) is 1. The van der Waals surface area contributed by atoms with Crippen LogP contribution >= 0.6 is 15.9 Å². The van der Waals surface area contributed by atoms with Crippen molar-refractivity contribution < 1.29 is 4.43 Å². The zero-order valence-corrected chi connectivity index (χ0v) is 14.7. The van der Waals surface area contributed by atoms with E-state index in [0.29, 0.717) is 0 Å². The van der Waals surface area contributed by atoms with Gasteiger partial charge in [0.05, 0.1) is 0 Å². The lowest BCUT2D eigenvalue weighted by Gasteiger charge is -2.19. The lowest BCUT2D eigenvalue weighted by atomic mass is 10.00. The molecule has 2 aromatic rings. The highest BCUT2D eigenvalue weighted by Gasteiger charge is 2.16. The van der Waals surface area contributed by atoms with Crippen LogP contribution in [0.25, 0.3) is 5.57 Å². The van der Waals surface area contributed by atoms with E-state index in [1.807, 2.05) is 24.3 Å². The number of hydrogen-bond donors (Lipinski definition) is 0. The Kier molecular flexibility index (Phi) is 4.51. The third-order valence-corrected chi connectivity index (χ3v) is 4.20. The Labute approximate surface area is 130 Å². The smallest absolute Gasteiger partial charge is 0.242 e. The Morgan fingerprint density at radius 3 is 1.80 bits per heavy atom. The van der Waals surface area contributed by atoms with Gasteiger partial charge in [0, 0.05) is 4.47 Å². The zero-order chi connectivity index (χ0) is 14.8. The van der Waals surface area contributed by atoms with Gasteiger partial charge in [-0.25, -0.2) is 0 Å². The molecular weight excluding hydrogens is 328 g/mol. The SMILES string of the molecule is C=C(c1ccc(Br)cc1)c1ccc(O[Si](C)(C)C)cc1. The minimum atomic E-state index is -1.54. The molecule has 2 rings (SSSR count). The van der Waals surface area contributed by atoms with Crippen LogP contribution in [-0.2, 0) is 0 Å². The second-order valence-electron chi connectivity index (χ2n) is 5.72. The van der Waals surface area contributed by atoms with Gasteiger partial charge in [-0.2, -0.15) is 0 Å². The lowest BCUT2D eigenvalue weighted by molar-refractivity contribution is 0.557. The van der Waals surface area contributed by atoms with Crippen molar-refractivity contribution in [2.45, 2.75) is 19.6 Å². The van der Waals surface area contributed by atoms with Crippen LogP contribution in [0.4, 0.5) is 0 Å². The van der Waals surface area contributed by atoms with Gasteiger partial charge in [-0.3, -0.25) is 0 Å². The summed E-state index contributed by atoms with van der Waals surface area (Å²) in [5.41, 5.74) is 3.28. The summed E-state index contributed by atoms with van der Waals surface area (Å²) in [4.78, 5) is 0. The van der Waals surface area contributed by atoms with Crippen molar-refractivity contribution in [1.29, 1.82) is 0 Å². The summed E-state index contributed by atoms with van der Waals surface area (Å²) in [6.45, 7) is 10.7. The van der Waals surface area contributed by atoms with E-state index in [4.69, 9.17) is 4.43 Å². The van der Waals surface area contributed by atoms with Crippen LogP contribution in [0, 0.1) is 0 Å². The second kappa shape index (κ2) is 5.98. The predicted octanol–water partition coefficient (Wildman–Crippen LogP) is 5.72. The van der Waals surface area contributed by atoms with Crippen molar-refractivity contribution in [2.75, 3.05) is 0 Å². The first-order valence-corrected chi connectivity index (χ1v) is 10.8. The van der Waals surface area contributed by atoms with Crippen molar-refractivity contribution in [3.63, 3.8) is 0 Å². The van der Waals surface area contributed by atoms with Crippen LogP contribution in [0.15, 0.2) is 59.6 Å². The van der Waals surface area contributed by atoms with Crippen molar-refractivity contribution in [3.8, 4) is 5.75 Å². The van der Waals surface area contributed by atoms with E-state index in [2.05, 4.69) is 66.4 Å². The molecule has 0 amide bonds. The van der Waals surface area contributed by atoms with E-state index in [1.165, 1.54) is 0 Å². The standard InChI is InChI=1S/C17H19BrOSi/c1-13(14-5-9-16(18)10-6-14)15-7-11-17(12-8-15)19-20(2,3)4/h5-12H,1H2,2-4H3. The van der Waals surface area contributed by atoms with Crippen LogP contribution < -0.4 is 4.43 Å². The van der Waals surface area contributed by atoms with Gasteiger partial charge in [0.15, 0.2) is 0 Å². The Balaban J connectivity index is 2.17. The maximum Gasteiger partial charge on any atom is 0.242 e. The summed E-state index contributed by atoms with van der Waals surface area (Å²) in [6.07, 6.45) is 0. The number of rotatable bonds is 4. The Morgan fingerprint density at radius 2 is 1.35 bits per heavy atom. The van der Waals surface area contributed by atoms with Crippen molar-refractivity contribution in [1.82, 2.24) is 0 Å². The van der Waals surface area contributed by atoms with Gasteiger partial charge < -0.3 is 4.43 Å². The first kappa shape index (κ1) is 15.1. The van der Waals surface area contributed by atoms with Gasteiger partial charge in [-0.1, -0.05) is 46.8 Å². The second-order valence-corrected chi connectivity index (χ2v) is 11.1. The lowest BCUT2D eigenvalue weighted by Crippen LogP contribution is -2.29. The van der Waals surface area contributed by atoms with E-state index in [0.717, 1.165) is 26.9 Å². The summed E-state index contributed by atoms with van der Waals surface area (Å²) in [6, 6.07) is 16.4. The zero-order valence-electron chi connectivity index (χ0n) is 12.1. The molecule has 0 heterocycles. The summed E-state index contributed by atoms with van der Waals surface area (Å²) < 4.78 is 7.04. The molecule has 0 radical (unpaired) electrons. The van der Waals surface area contributed by atoms with E-state index in [9.17, 15) is 0 Å². The number of benzene rings is 2. The van der Waals surface area contributed by atoms with Crippen molar-refractivity contribution in [2.24, 2.45) is 0 Å². The molecule has 20 heavy (non-hydrogen) atoms. The van der Waals surface area contributed by atoms with E-state index in [-0.39, 0.29) is 0 Å². The minimum Gasteiger partial charge on any atom is -0.544 e. The Morgan fingerprint density at radius 1 is 0.900 bits per heavy atom. The summed E-state index contributed by atoms with van der Waals surface area (Å²) in [5.74, 6) is 0.941. The summed E-state index contributed by atoms with van der Waals surface area (Å²) in [5, 5.41) is 0. The first-order valence-electron chi connectivity index (χ1n) is 6.59. The highest BCUT2D eigenvalue weighted by molar-refractivity contribution is 9.10. The molecule has 2 aromatic carbocycles. The highest BCUT2D eigenvalue weighted by atomic mass is 79.9. The first-order chi connectivity index (χ1) is 9.35. The Hall–Kier alpha value is -1.32. The van der Waals surface area contributed by atoms with Crippen LogP contribution in [0.1, 0.15) is 11.1 Å². The average Bonchev–Trinajstić information content (AvgIpc) is 2.38. The van der Waals surface area contributed by atoms with Crippen molar-refractivity contribution in [3.05, 3.63) is 70.7 Å². The predicted molar refractivity (Wildman–Crippen MR) is 92.7 cm³/mol. The van der Waals surface area contributed by atoms with E-state index in [1.54, 1.807) is 0 Å². The molecular formula is C17H19BrOSi. The molecule has 3 heteroatoms.